The van der Waals surface area contributed by atoms with Gasteiger partial charge in [0.2, 0.25) is 5.91 Å². The third-order valence-corrected chi connectivity index (χ3v) is 4.73. The van der Waals surface area contributed by atoms with Crippen molar-refractivity contribution in [3.8, 4) is 0 Å². The van der Waals surface area contributed by atoms with Gasteiger partial charge in [0.15, 0.2) is 5.17 Å². The van der Waals surface area contributed by atoms with Gasteiger partial charge in [0.05, 0.1) is 5.97 Å². The number of rotatable bonds is 6. The average molecular weight is 348 g/mol. The van der Waals surface area contributed by atoms with Gasteiger partial charge in [0.1, 0.15) is 5.25 Å². The number of thioether (sulfide) groups is 1. The smallest absolute Gasteiger partial charge is 0.262 e. The van der Waals surface area contributed by atoms with E-state index in [0.717, 1.165) is 13.1 Å². The molecule has 0 saturated heterocycles. The second-order valence-corrected chi connectivity index (χ2v) is 6.30. The third-order valence-electron chi connectivity index (χ3n) is 3.52. The van der Waals surface area contributed by atoms with Gasteiger partial charge in [-0.3, -0.25) is 9.59 Å². The summed E-state index contributed by atoms with van der Waals surface area (Å²) in [4.78, 5) is 40.9. The number of carboxylic acids is 1. The monoisotopic (exact) mass is 348 g/mol. The second kappa shape index (κ2) is 7.96. The van der Waals surface area contributed by atoms with E-state index in [4.69, 9.17) is 0 Å². The molecule has 0 saturated carbocycles. The molecular formula is C16H18N3O4S-. The van der Waals surface area contributed by atoms with Crippen molar-refractivity contribution in [3.63, 3.8) is 0 Å². The van der Waals surface area contributed by atoms with E-state index in [0.29, 0.717) is 10.9 Å². The number of carbonyl (C=O) groups excluding carboxylic acids is 3. The molecule has 1 aromatic rings. The van der Waals surface area contributed by atoms with Crippen LogP contribution >= 0.6 is 11.8 Å². The van der Waals surface area contributed by atoms with Crippen molar-refractivity contribution in [2.75, 3.05) is 18.4 Å². The molecule has 24 heavy (non-hydrogen) atoms. The lowest BCUT2D eigenvalue weighted by Crippen LogP contribution is -2.28. The molecule has 1 N–H and O–H groups in total. The Hall–Kier alpha value is -2.35. The van der Waals surface area contributed by atoms with Crippen molar-refractivity contribution in [1.82, 2.24) is 4.90 Å². The molecule has 1 heterocycles. The van der Waals surface area contributed by atoms with Crippen molar-refractivity contribution < 1.29 is 19.5 Å². The van der Waals surface area contributed by atoms with Crippen LogP contribution in [0.1, 0.15) is 30.6 Å². The summed E-state index contributed by atoms with van der Waals surface area (Å²) in [7, 11) is 0. The van der Waals surface area contributed by atoms with E-state index < -0.39 is 11.2 Å². The molecule has 0 spiro atoms. The van der Waals surface area contributed by atoms with Crippen LogP contribution in [-0.4, -0.2) is 46.2 Å². The van der Waals surface area contributed by atoms with E-state index in [1.54, 1.807) is 6.07 Å². The SMILES string of the molecule is CCN(CC)C1=NC(=O)[C@@H](CC(=O)Nc2cccc(C(=O)[O-])c2)S1. The molecule has 1 aromatic carbocycles. The zero-order valence-electron chi connectivity index (χ0n) is 13.4. The van der Waals surface area contributed by atoms with Crippen LogP contribution in [0.15, 0.2) is 29.3 Å². The van der Waals surface area contributed by atoms with Gasteiger partial charge in [-0.2, -0.15) is 4.99 Å². The minimum Gasteiger partial charge on any atom is -0.545 e. The second-order valence-electron chi connectivity index (χ2n) is 5.13. The fourth-order valence-electron chi connectivity index (χ4n) is 2.24. The van der Waals surface area contributed by atoms with E-state index in [1.807, 2.05) is 18.7 Å². The number of amides is 2. The summed E-state index contributed by atoms with van der Waals surface area (Å²) in [5.74, 6) is -2.00. The standard InChI is InChI=1S/C16H19N3O4S/c1-3-19(4-2)16-18-14(21)12(24-16)9-13(20)17-11-7-5-6-10(8-11)15(22)23/h5-8,12H,3-4,9H2,1-2H3,(H,17,20)(H,22,23)/p-1/t12-/m1/s1. The topological polar surface area (TPSA) is 102 Å². The number of hydrogen-bond donors (Lipinski definition) is 1. The Morgan fingerprint density at radius 3 is 2.67 bits per heavy atom. The molecule has 7 nitrogen and oxygen atoms in total. The van der Waals surface area contributed by atoms with Crippen molar-refractivity contribution in [3.05, 3.63) is 29.8 Å². The van der Waals surface area contributed by atoms with Gasteiger partial charge in [0, 0.05) is 25.2 Å². The Morgan fingerprint density at radius 2 is 2.04 bits per heavy atom. The number of nitrogens with one attached hydrogen (secondary N) is 1. The van der Waals surface area contributed by atoms with Crippen LogP contribution in [0, 0.1) is 0 Å². The molecule has 8 heteroatoms. The molecule has 128 valence electrons. The van der Waals surface area contributed by atoms with Crippen molar-refractivity contribution in [2.45, 2.75) is 25.5 Å². The van der Waals surface area contributed by atoms with Gasteiger partial charge in [-0.1, -0.05) is 23.9 Å². The maximum Gasteiger partial charge on any atom is 0.262 e. The first-order valence-corrected chi connectivity index (χ1v) is 8.48. The normalized spacial score (nSPS) is 16.7. The molecular weight excluding hydrogens is 330 g/mol. The van der Waals surface area contributed by atoms with E-state index in [9.17, 15) is 19.5 Å². The molecule has 1 aliphatic heterocycles. The Balaban J connectivity index is 1.95. The number of hydrogen-bond acceptors (Lipinski definition) is 6. The predicted molar refractivity (Wildman–Crippen MR) is 90.8 cm³/mol. The fourth-order valence-corrected chi connectivity index (χ4v) is 3.44. The van der Waals surface area contributed by atoms with Crippen LogP contribution in [0.5, 0.6) is 0 Å². The lowest BCUT2D eigenvalue weighted by Gasteiger charge is -2.19. The van der Waals surface area contributed by atoms with E-state index >= 15 is 0 Å². The first kappa shape index (κ1) is 18.0. The van der Waals surface area contributed by atoms with E-state index in [-0.39, 0.29) is 23.8 Å². The Kier molecular flexibility index (Phi) is 5.97. The van der Waals surface area contributed by atoms with Crippen molar-refractivity contribution in [1.29, 1.82) is 0 Å². The molecule has 1 aliphatic rings. The minimum absolute atomic E-state index is 0.0205. The highest BCUT2D eigenvalue weighted by molar-refractivity contribution is 8.15. The van der Waals surface area contributed by atoms with Crippen molar-refractivity contribution >= 4 is 40.4 Å². The third kappa shape index (κ3) is 4.35. The molecule has 0 unspecified atom stereocenters. The molecule has 0 fully saturated rings. The average Bonchev–Trinajstić information content (AvgIpc) is 2.89. The first-order valence-electron chi connectivity index (χ1n) is 7.60. The number of amidine groups is 1. The predicted octanol–water partition coefficient (Wildman–Crippen LogP) is 0.718. The largest absolute Gasteiger partial charge is 0.545 e. The minimum atomic E-state index is -1.31. The molecule has 1 atom stereocenters. The van der Waals surface area contributed by atoms with Crippen LogP contribution in [0.3, 0.4) is 0 Å². The number of aliphatic imine (C=N–C) groups is 1. The van der Waals surface area contributed by atoms with Crippen LogP contribution in [0.25, 0.3) is 0 Å². The maximum atomic E-state index is 12.1. The van der Waals surface area contributed by atoms with Crippen LogP contribution in [-0.2, 0) is 9.59 Å². The molecule has 0 aromatic heterocycles. The lowest BCUT2D eigenvalue weighted by molar-refractivity contribution is -0.255. The summed E-state index contributed by atoms with van der Waals surface area (Å²) in [5, 5.41) is 13.5. The highest BCUT2D eigenvalue weighted by atomic mass is 32.2. The summed E-state index contributed by atoms with van der Waals surface area (Å²) in [6.07, 6.45) is -0.0205. The zero-order chi connectivity index (χ0) is 17.7. The molecule has 0 aliphatic carbocycles. The van der Waals surface area contributed by atoms with Crippen LogP contribution in [0.4, 0.5) is 5.69 Å². The van der Waals surface area contributed by atoms with E-state index in [1.165, 1.54) is 30.0 Å². The highest BCUT2D eigenvalue weighted by Gasteiger charge is 2.32. The zero-order valence-corrected chi connectivity index (χ0v) is 14.3. The van der Waals surface area contributed by atoms with Gasteiger partial charge < -0.3 is 20.1 Å². The molecule has 2 amide bonds. The number of aromatic carboxylic acids is 1. The number of benzene rings is 1. The Morgan fingerprint density at radius 1 is 1.33 bits per heavy atom. The Labute approximate surface area is 144 Å². The van der Waals surface area contributed by atoms with Crippen molar-refractivity contribution in [2.24, 2.45) is 4.99 Å². The highest BCUT2D eigenvalue weighted by Crippen LogP contribution is 2.27. The summed E-state index contributed by atoms with van der Waals surface area (Å²) in [6.45, 7) is 5.43. The van der Waals surface area contributed by atoms with E-state index in [2.05, 4.69) is 10.3 Å². The van der Waals surface area contributed by atoms with Crippen LogP contribution < -0.4 is 10.4 Å². The summed E-state index contributed by atoms with van der Waals surface area (Å²) >= 11 is 1.28. The molecule has 0 radical (unpaired) electrons. The molecule has 2 rings (SSSR count). The maximum absolute atomic E-state index is 12.1. The summed E-state index contributed by atoms with van der Waals surface area (Å²) in [6, 6.07) is 5.78. The number of carboxylic acid groups (broad SMARTS) is 1. The van der Waals surface area contributed by atoms with Gasteiger partial charge in [-0.05, 0) is 31.5 Å². The fraction of sp³-hybridized carbons (Fsp3) is 0.375. The van der Waals surface area contributed by atoms with Gasteiger partial charge in [-0.15, -0.1) is 0 Å². The lowest BCUT2D eigenvalue weighted by atomic mass is 10.2. The quantitative estimate of drug-likeness (QED) is 0.813. The number of carbonyl (C=O) groups is 3. The molecule has 0 bridgehead atoms. The van der Waals surface area contributed by atoms with Gasteiger partial charge >= 0.3 is 0 Å². The summed E-state index contributed by atoms with van der Waals surface area (Å²) in [5.41, 5.74) is 0.327. The van der Waals surface area contributed by atoms with Gasteiger partial charge in [0.25, 0.3) is 5.91 Å². The Bertz CT molecular complexity index is 686. The van der Waals surface area contributed by atoms with Gasteiger partial charge in [-0.25, -0.2) is 0 Å². The van der Waals surface area contributed by atoms with Crippen LogP contribution in [0.2, 0.25) is 0 Å². The first-order chi connectivity index (χ1) is 11.4. The summed E-state index contributed by atoms with van der Waals surface area (Å²) < 4.78 is 0. The number of anilines is 1. The number of nitrogens with zero attached hydrogens (tertiary/aromatic N) is 2.